The average molecular weight is 379 g/mol. The lowest BCUT2D eigenvalue weighted by atomic mass is 10.2. The Labute approximate surface area is 130 Å². The number of anilines is 1. The van der Waals surface area contributed by atoms with E-state index in [0.717, 1.165) is 0 Å². The summed E-state index contributed by atoms with van der Waals surface area (Å²) in [4.78, 5) is 0.0752. The predicted octanol–water partition coefficient (Wildman–Crippen LogP) is 4.35. The van der Waals surface area contributed by atoms with Crippen LogP contribution >= 0.6 is 27.5 Å². The van der Waals surface area contributed by atoms with Crippen molar-refractivity contribution in [1.82, 2.24) is 0 Å². The van der Waals surface area contributed by atoms with Crippen LogP contribution in [0.5, 0.6) is 0 Å². The monoisotopic (exact) mass is 377 g/mol. The average Bonchev–Trinajstić information content (AvgIpc) is 2.37. The molecule has 0 aliphatic carbocycles. The van der Waals surface area contributed by atoms with Crippen molar-refractivity contribution in [2.75, 3.05) is 4.72 Å². The quantitative estimate of drug-likeness (QED) is 0.863. The molecule has 1 N–H and O–H groups in total. The first kappa shape index (κ1) is 15.3. The van der Waals surface area contributed by atoms with E-state index in [4.69, 9.17) is 11.6 Å². The number of hydrogen-bond acceptors (Lipinski definition) is 2. The Hall–Kier alpha value is -1.11. The van der Waals surface area contributed by atoms with Crippen LogP contribution in [0.3, 0.4) is 0 Å². The van der Waals surface area contributed by atoms with Gasteiger partial charge in [0.15, 0.2) is 5.82 Å². The Balaban J connectivity index is 2.46. The second-order valence-electron chi connectivity index (χ2n) is 4.12. The van der Waals surface area contributed by atoms with Crippen LogP contribution < -0.4 is 4.72 Å². The molecule has 2 aromatic rings. The van der Waals surface area contributed by atoms with Crippen molar-refractivity contribution >= 4 is 43.2 Å². The molecule has 7 heteroatoms. The first-order valence-electron chi connectivity index (χ1n) is 5.54. The lowest BCUT2D eigenvalue weighted by Crippen LogP contribution is -2.15. The minimum Gasteiger partial charge on any atom is -0.277 e. The fraction of sp³-hybridized carbons (Fsp3) is 0.0769. The number of aryl methyl sites for hydroxylation is 1. The zero-order valence-corrected chi connectivity index (χ0v) is 13.5. The Bertz CT molecular complexity index is 765. The second kappa shape index (κ2) is 5.71. The molecule has 0 aromatic heterocycles. The molecule has 2 rings (SSSR count). The first-order valence-corrected chi connectivity index (χ1v) is 8.19. The predicted molar refractivity (Wildman–Crippen MR) is 81.1 cm³/mol. The topological polar surface area (TPSA) is 46.2 Å². The van der Waals surface area contributed by atoms with E-state index >= 15 is 0 Å². The molecule has 0 saturated carbocycles. The molecule has 20 heavy (non-hydrogen) atoms. The molecule has 106 valence electrons. The maximum absolute atomic E-state index is 13.8. The molecule has 0 heterocycles. The standard InChI is InChI=1S/C13H10BrClFNO2S/c1-8-5-6-9(14)7-12(8)20(18,19)17-11-4-2-3-10(15)13(11)16/h2-7,17H,1H3. The number of hydrogen-bond donors (Lipinski definition) is 1. The molecule has 0 spiro atoms. The number of sulfonamides is 1. The Morgan fingerprint density at radius 2 is 1.95 bits per heavy atom. The van der Waals surface area contributed by atoms with Crippen molar-refractivity contribution in [2.24, 2.45) is 0 Å². The van der Waals surface area contributed by atoms with Crippen molar-refractivity contribution in [2.45, 2.75) is 11.8 Å². The van der Waals surface area contributed by atoms with Crippen LogP contribution in [0.4, 0.5) is 10.1 Å². The second-order valence-corrected chi connectivity index (χ2v) is 7.09. The summed E-state index contributed by atoms with van der Waals surface area (Å²) in [6.07, 6.45) is 0. The SMILES string of the molecule is Cc1ccc(Br)cc1S(=O)(=O)Nc1cccc(Cl)c1F. The summed E-state index contributed by atoms with van der Waals surface area (Å²) in [6.45, 7) is 1.66. The smallest absolute Gasteiger partial charge is 0.262 e. The lowest BCUT2D eigenvalue weighted by Gasteiger charge is -2.11. The molecule has 0 aliphatic heterocycles. The van der Waals surface area contributed by atoms with E-state index in [0.29, 0.717) is 10.0 Å². The summed E-state index contributed by atoms with van der Waals surface area (Å²) >= 11 is 8.84. The highest BCUT2D eigenvalue weighted by Crippen LogP contribution is 2.26. The molecule has 0 amide bonds. The summed E-state index contributed by atoms with van der Waals surface area (Å²) in [5.41, 5.74) is 0.375. The summed E-state index contributed by atoms with van der Waals surface area (Å²) in [7, 11) is -3.88. The van der Waals surface area contributed by atoms with E-state index in [1.54, 1.807) is 19.1 Å². The fourth-order valence-corrected chi connectivity index (χ4v) is 3.66. The van der Waals surface area contributed by atoms with Gasteiger partial charge in [0, 0.05) is 4.47 Å². The van der Waals surface area contributed by atoms with Gasteiger partial charge in [-0.2, -0.15) is 0 Å². The summed E-state index contributed by atoms with van der Waals surface area (Å²) in [5.74, 6) is -0.801. The van der Waals surface area contributed by atoms with Crippen LogP contribution in [0.1, 0.15) is 5.56 Å². The number of nitrogens with one attached hydrogen (secondary N) is 1. The van der Waals surface area contributed by atoms with E-state index in [2.05, 4.69) is 20.7 Å². The molecule has 0 fully saturated rings. The van der Waals surface area contributed by atoms with Gasteiger partial charge in [-0.25, -0.2) is 12.8 Å². The summed E-state index contributed by atoms with van der Waals surface area (Å²) in [6, 6.07) is 8.98. The van der Waals surface area contributed by atoms with Gasteiger partial charge >= 0.3 is 0 Å². The zero-order valence-electron chi connectivity index (χ0n) is 10.3. The normalized spacial score (nSPS) is 11.4. The van der Waals surface area contributed by atoms with Gasteiger partial charge in [0.25, 0.3) is 10.0 Å². The van der Waals surface area contributed by atoms with Crippen molar-refractivity contribution in [3.63, 3.8) is 0 Å². The maximum Gasteiger partial charge on any atom is 0.262 e. The van der Waals surface area contributed by atoms with E-state index in [1.807, 2.05) is 0 Å². The third-order valence-corrected chi connectivity index (χ3v) is 4.93. The van der Waals surface area contributed by atoms with Gasteiger partial charge in [-0.3, -0.25) is 4.72 Å². The van der Waals surface area contributed by atoms with Crippen LogP contribution in [-0.2, 0) is 10.0 Å². The van der Waals surface area contributed by atoms with Gasteiger partial charge in [-0.15, -0.1) is 0 Å². The van der Waals surface area contributed by atoms with Crippen LogP contribution in [0, 0.1) is 12.7 Å². The highest BCUT2D eigenvalue weighted by Gasteiger charge is 2.19. The molecule has 0 aliphatic rings. The minimum atomic E-state index is -3.88. The van der Waals surface area contributed by atoms with Gasteiger partial charge in [-0.05, 0) is 36.8 Å². The molecule has 0 radical (unpaired) electrons. The molecule has 2 aromatic carbocycles. The molecular weight excluding hydrogens is 369 g/mol. The molecule has 0 saturated heterocycles. The van der Waals surface area contributed by atoms with Gasteiger partial charge in [-0.1, -0.05) is 39.7 Å². The fourth-order valence-electron chi connectivity index (χ4n) is 1.65. The Kier molecular flexibility index (Phi) is 4.36. The Morgan fingerprint density at radius 3 is 2.65 bits per heavy atom. The number of rotatable bonds is 3. The molecule has 0 bridgehead atoms. The van der Waals surface area contributed by atoms with Crippen LogP contribution in [0.2, 0.25) is 5.02 Å². The van der Waals surface area contributed by atoms with E-state index in [9.17, 15) is 12.8 Å². The van der Waals surface area contributed by atoms with E-state index in [1.165, 1.54) is 24.3 Å². The molecule has 0 atom stereocenters. The van der Waals surface area contributed by atoms with Crippen molar-refractivity contribution in [3.8, 4) is 0 Å². The van der Waals surface area contributed by atoms with Gasteiger partial charge in [0.2, 0.25) is 0 Å². The molecule has 3 nitrogen and oxygen atoms in total. The zero-order chi connectivity index (χ0) is 14.9. The molecular formula is C13H10BrClFNO2S. The van der Waals surface area contributed by atoms with Gasteiger partial charge in [0.05, 0.1) is 15.6 Å². The summed E-state index contributed by atoms with van der Waals surface area (Å²) < 4.78 is 41.2. The van der Waals surface area contributed by atoms with Crippen molar-refractivity contribution in [3.05, 3.63) is 57.3 Å². The number of halogens is 3. The van der Waals surface area contributed by atoms with E-state index < -0.39 is 15.8 Å². The van der Waals surface area contributed by atoms with Gasteiger partial charge in [0.1, 0.15) is 0 Å². The van der Waals surface area contributed by atoms with Crippen LogP contribution in [-0.4, -0.2) is 8.42 Å². The third-order valence-electron chi connectivity index (χ3n) is 2.64. The van der Waals surface area contributed by atoms with Crippen molar-refractivity contribution < 1.29 is 12.8 Å². The maximum atomic E-state index is 13.8. The highest BCUT2D eigenvalue weighted by atomic mass is 79.9. The van der Waals surface area contributed by atoms with E-state index in [-0.39, 0.29) is 15.6 Å². The van der Waals surface area contributed by atoms with Crippen LogP contribution in [0.15, 0.2) is 45.8 Å². The lowest BCUT2D eigenvalue weighted by molar-refractivity contribution is 0.598. The van der Waals surface area contributed by atoms with Gasteiger partial charge < -0.3 is 0 Å². The minimum absolute atomic E-state index is 0.0752. The molecule has 0 unspecified atom stereocenters. The number of benzene rings is 2. The van der Waals surface area contributed by atoms with Crippen molar-refractivity contribution in [1.29, 1.82) is 0 Å². The first-order chi connectivity index (χ1) is 9.31. The highest BCUT2D eigenvalue weighted by molar-refractivity contribution is 9.10. The van der Waals surface area contributed by atoms with Crippen LogP contribution in [0.25, 0.3) is 0 Å². The Morgan fingerprint density at radius 1 is 1.25 bits per heavy atom. The largest absolute Gasteiger partial charge is 0.277 e. The summed E-state index contributed by atoms with van der Waals surface area (Å²) in [5, 5.41) is -0.142. The third kappa shape index (κ3) is 3.13.